The van der Waals surface area contributed by atoms with E-state index in [9.17, 15) is 4.79 Å². The van der Waals surface area contributed by atoms with Crippen LogP contribution in [0.4, 0.5) is 5.69 Å². The van der Waals surface area contributed by atoms with E-state index < -0.39 is 0 Å². The van der Waals surface area contributed by atoms with Crippen LogP contribution in [0.15, 0.2) is 54.6 Å². The second-order valence-electron chi connectivity index (χ2n) is 4.79. The Morgan fingerprint density at radius 1 is 1.10 bits per heavy atom. The normalized spacial score (nSPS) is 11.9. The highest BCUT2D eigenvalue weighted by Crippen LogP contribution is 2.19. The van der Waals surface area contributed by atoms with Crippen LogP contribution in [0.1, 0.15) is 18.1 Å². The fourth-order valence-corrected chi connectivity index (χ4v) is 2.60. The van der Waals surface area contributed by atoms with E-state index in [2.05, 4.69) is 17.4 Å². The first-order valence-corrected chi connectivity index (χ1v) is 7.73. The molecule has 20 heavy (non-hydrogen) atoms. The maximum absolute atomic E-state index is 12.1. The highest BCUT2D eigenvalue weighted by atomic mass is 32.2. The Morgan fingerprint density at radius 3 is 2.40 bits per heavy atom. The van der Waals surface area contributed by atoms with Crippen LogP contribution < -0.4 is 5.32 Å². The first-order chi connectivity index (χ1) is 9.65. The number of rotatable bonds is 5. The smallest absolute Gasteiger partial charge is 0.237 e. The predicted octanol–water partition coefficient (Wildman–Crippen LogP) is 4.26. The number of amides is 1. The second kappa shape index (κ2) is 7.15. The lowest BCUT2D eigenvalue weighted by Crippen LogP contribution is -2.22. The van der Waals surface area contributed by atoms with Crippen molar-refractivity contribution in [3.63, 3.8) is 0 Å². The lowest BCUT2D eigenvalue weighted by atomic mass is 10.2. The van der Waals surface area contributed by atoms with Crippen LogP contribution >= 0.6 is 11.8 Å². The molecular formula is C17H19NOS. The van der Waals surface area contributed by atoms with Crippen molar-refractivity contribution in [1.29, 1.82) is 0 Å². The van der Waals surface area contributed by atoms with Crippen LogP contribution in [-0.2, 0) is 10.5 Å². The summed E-state index contributed by atoms with van der Waals surface area (Å²) in [5, 5.41) is 2.87. The Morgan fingerprint density at radius 2 is 1.75 bits per heavy atom. The van der Waals surface area contributed by atoms with Crippen LogP contribution in [0, 0.1) is 6.92 Å². The molecule has 2 nitrogen and oxygen atoms in total. The minimum absolute atomic E-state index is 0.0507. The third-order valence-corrected chi connectivity index (χ3v) is 4.25. The Hall–Kier alpha value is -1.74. The molecule has 1 unspecified atom stereocenters. The summed E-state index contributed by atoms with van der Waals surface area (Å²) in [6.45, 7) is 3.97. The molecule has 0 saturated heterocycles. The molecule has 104 valence electrons. The van der Waals surface area contributed by atoms with Gasteiger partial charge in [-0.3, -0.25) is 4.79 Å². The number of aryl methyl sites for hydroxylation is 1. The molecule has 0 radical (unpaired) electrons. The number of benzene rings is 2. The highest BCUT2D eigenvalue weighted by Gasteiger charge is 2.13. The zero-order valence-corrected chi connectivity index (χ0v) is 12.6. The summed E-state index contributed by atoms with van der Waals surface area (Å²) < 4.78 is 0. The van der Waals surface area contributed by atoms with Crippen LogP contribution in [-0.4, -0.2) is 11.2 Å². The van der Waals surface area contributed by atoms with Crippen LogP contribution in [0.3, 0.4) is 0 Å². The number of anilines is 1. The quantitative estimate of drug-likeness (QED) is 0.889. The van der Waals surface area contributed by atoms with Crippen molar-refractivity contribution in [3.8, 4) is 0 Å². The Labute approximate surface area is 124 Å². The van der Waals surface area contributed by atoms with Gasteiger partial charge >= 0.3 is 0 Å². The van der Waals surface area contributed by atoms with Crippen molar-refractivity contribution < 1.29 is 4.79 Å². The van der Waals surface area contributed by atoms with Gasteiger partial charge < -0.3 is 5.32 Å². The van der Waals surface area contributed by atoms with Crippen molar-refractivity contribution in [1.82, 2.24) is 0 Å². The topological polar surface area (TPSA) is 29.1 Å². The molecule has 0 spiro atoms. The van der Waals surface area contributed by atoms with Gasteiger partial charge in [0, 0.05) is 11.4 Å². The van der Waals surface area contributed by atoms with Crippen molar-refractivity contribution in [2.24, 2.45) is 0 Å². The summed E-state index contributed by atoms with van der Waals surface area (Å²) in [4.78, 5) is 12.1. The van der Waals surface area contributed by atoms with E-state index in [1.807, 2.05) is 56.3 Å². The fraction of sp³-hybridized carbons (Fsp3) is 0.235. The highest BCUT2D eigenvalue weighted by molar-refractivity contribution is 7.99. The minimum atomic E-state index is -0.0727. The molecule has 0 heterocycles. The zero-order valence-electron chi connectivity index (χ0n) is 11.8. The molecule has 1 amide bonds. The number of carbonyl (C=O) groups is 1. The van der Waals surface area contributed by atoms with E-state index in [4.69, 9.17) is 0 Å². The summed E-state index contributed by atoms with van der Waals surface area (Å²) in [7, 11) is 0. The molecule has 2 rings (SSSR count). The molecule has 0 saturated carbocycles. The standard InChI is InChI=1S/C17H19NOS/c1-13-8-10-16(11-9-13)18-17(19)14(2)20-12-15-6-4-3-5-7-15/h3-11,14H,12H2,1-2H3,(H,18,19). The Bertz CT molecular complexity index is 551. The molecule has 0 fully saturated rings. The molecular weight excluding hydrogens is 266 g/mol. The van der Waals surface area contributed by atoms with Gasteiger partial charge in [0.2, 0.25) is 5.91 Å². The van der Waals surface area contributed by atoms with E-state index in [-0.39, 0.29) is 11.2 Å². The average molecular weight is 285 g/mol. The molecule has 0 aliphatic heterocycles. The first-order valence-electron chi connectivity index (χ1n) is 6.68. The lowest BCUT2D eigenvalue weighted by Gasteiger charge is -2.12. The van der Waals surface area contributed by atoms with Gasteiger partial charge in [0.15, 0.2) is 0 Å². The first kappa shape index (κ1) is 14.7. The second-order valence-corrected chi connectivity index (χ2v) is 6.12. The summed E-state index contributed by atoms with van der Waals surface area (Å²) in [6.07, 6.45) is 0. The monoisotopic (exact) mass is 285 g/mol. The summed E-state index contributed by atoms with van der Waals surface area (Å²) in [6, 6.07) is 18.1. The Kier molecular flexibility index (Phi) is 5.24. The third-order valence-electron chi connectivity index (χ3n) is 3.03. The van der Waals surface area contributed by atoms with Crippen LogP contribution in [0.5, 0.6) is 0 Å². The summed E-state index contributed by atoms with van der Waals surface area (Å²) in [5.74, 6) is 0.901. The number of hydrogen-bond donors (Lipinski definition) is 1. The maximum Gasteiger partial charge on any atom is 0.237 e. The predicted molar refractivity (Wildman–Crippen MR) is 87.0 cm³/mol. The molecule has 0 aliphatic rings. The number of hydrogen-bond acceptors (Lipinski definition) is 2. The van der Waals surface area contributed by atoms with E-state index in [1.54, 1.807) is 11.8 Å². The van der Waals surface area contributed by atoms with E-state index in [1.165, 1.54) is 11.1 Å². The summed E-state index contributed by atoms with van der Waals surface area (Å²) in [5.41, 5.74) is 3.29. The lowest BCUT2D eigenvalue weighted by molar-refractivity contribution is -0.115. The van der Waals surface area contributed by atoms with E-state index >= 15 is 0 Å². The van der Waals surface area contributed by atoms with Gasteiger partial charge in [-0.1, -0.05) is 48.0 Å². The molecule has 0 bridgehead atoms. The van der Waals surface area contributed by atoms with Crippen molar-refractivity contribution in [2.45, 2.75) is 24.9 Å². The van der Waals surface area contributed by atoms with E-state index in [0.717, 1.165) is 11.4 Å². The van der Waals surface area contributed by atoms with E-state index in [0.29, 0.717) is 0 Å². The number of nitrogens with one attached hydrogen (secondary N) is 1. The van der Waals surface area contributed by atoms with Gasteiger partial charge in [0.05, 0.1) is 5.25 Å². The van der Waals surface area contributed by atoms with Crippen LogP contribution in [0.25, 0.3) is 0 Å². The molecule has 1 N–H and O–H groups in total. The van der Waals surface area contributed by atoms with Gasteiger partial charge in [-0.25, -0.2) is 0 Å². The maximum atomic E-state index is 12.1. The van der Waals surface area contributed by atoms with Crippen molar-refractivity contribution >= 4 is 23.4 Å². The van der Waals surface area contributed by atoms with Gasteiger partial charge in [0.25, 0.3) is 0 Å². The van der Waals surface area contributed by atoms with Gasteiger partial charge in [-0.15, -0.1) is 11.8 Å². The van der Waals surface area contributed by atoms with Gasteiger partial charge in [-0.05, 0) is 31.5 Å². The van der Waals surface area contributed by atoms with Gasteiger partial charge in [0.1, 0.15) is 0 Å². The average Bonchev–Trinajstić information content (AvgIpc) is 2.48. The van der Waals surface area contributed by atoms with Crippen LogP contribution in [0.2, 0.25) is 0 Å². The molecule has 0 aromatic heterocycles. The zero-order chi connectivity index (χ0) is 14.4. The fourth-order valence-electron chi connectivity index (χ4n) is 1.75. The van der Waals surface area contributed by atoms with Gasteiger partial charge in [-0.2, -0.15) is 0 Å². The van der Waals surface area contributed by atoms with Crippen molar-refractivity contribution in [3.05, 3.63) is 65.7 Å². The third kappa shape index (κ3) is 4.42. The largest absolute Gasteiger partial charge is 0.325 e. The SMILES string of the molecule is Cc1ccc(NC(=O)C(C)SCc2ccccc2)cc1. The Balaban J connectivity index is 1.84. The number of thioether (sulfide) groups is 1. The molecule has 0 aliphatic carbocycles. The summed E-state index contributed by atoms with van der Waals surface area (Å²) >= 11 is 1.65. The number of carbonyl (C=O) groups excluding carboxylic acids is 1. The molecule has 3 heteroatoms. The molecule has 1 atom stereocenters. The van der Waals surface area contributed by atoms with Crippen molar-refractivity contribution in [2.75, 3.05) is 5.32 Å². The molecule has 2 aromatic carbocycles. The minimum Gasteiger partial charge on any atom is -0.325 e. The molecule has 2 aromatic rings.